The number of halogens is 2. The first kappa shape index (κ1) is 21.8. The standard InChI is InChI=1S/C17H20IN3O3.HI/c1-23-15-8-4-13(5-9-15)21-17(19)20-10-14(22)11-24-16-6-2-12(18)3-7-16;/h2-9,14,22H,10-11H2,1H3,(H3,19,20,21);1H. The van der Waals surface area contributed by atoms with Crippen LogP contribution in [0.4, 0.5) is 5.69 Å². The van der Waals surface area contributed by atoms with Crippen molar-refractivity contribution >= 4 is 58.2 Å². The molecule has 0 heterocycles. The molecule has 1 atom stereocenters. The fraction of sp³-hybridized carbons (Fsp3) is 0.235. The van der Waals surface area contributed by atoms with Crippen molar-refractivity contribution in [3.63, 3.8) is 0 Å². The molecule has 0 saturated heterocycles. The van der Waals surface area contributed by atoms with Gasteiger partial charge in [0.1, 0.15) is 24.2 Å². The zero-order valence-corrected chi connectivity index (χ0v) is 18.2. The lowest BCUT2D eigenvalue weighted by Crippen LogP contribution is -2.27. The number of rotatable bonds is 7. The number of aliphatic hydroxyl groups is 1. The van der Waals surface area contributed by atoms with Crippen LogP contribution in [0.5, 0.6) is 11.5 Å². The monoisotopic (exact) mass is 569 g/mol. The summed E-state index contributed by atoms with van der Waals surface area (Å²) in [5.74, 6) is 1.70. The Morgan fingerprint density at radius 3 is 2.36 bits per heavy atom. The number of nitrogens with two attached hydrogens (primary N) is 1. The molecule has 136 valence electrons. The number of aliphatic imine (C=N–C) groups is 1. The number of hydrogen-bond donors (Lipinski definition) is 3. The summed E-state index contributed by atoms with van der Waals surface area (Å²) in [4.78, 5) is 4.11. The van der Waals surface area contributed by atoms with Gasteiger partial charge in [0, 0.05) is 9.26 Å². The van der Waals surface area contributed by atoms with Crippen LogP contribution >= 0.6 is 46.6 Å². The number of aliphatic hydroxyl groups excluding tert-OH is 1. The van der Waals surface area contributed by atoms with Crippen LogP contribution in [0, 0.1) is 3.57 Å². The second-order valence-electron chi connectivity index (χ2n) is 5.00. The highest BCUT2D eigenvalue weighted by molar-refractivity contribution is 14.1. The molecule has 6 nitrogen and oxygen atoms in total. The van der Waals surface area contributed by atoms with Crippen molar-refractivity contribution in [3.05, 3.63) is 52.1 Å². The largest absolute Gasteiger partial charge is 0.497 e. The van der Waals surface area contributed by atoms with Crippen LogP contribution in [-0.2, 0) is 0 Å². The van der Waals surface area contributed by atoms with Crippen molar-refractivity contribution in [2.45, 2.75) is 6.10 Å². The third-order valence-electron chi connectivity index (χ3n) is 3.09. The maximum Gasteiger partial charge on any atom is 0.193 e. The molecule has 8 heteroatoms. The zero-order valence-electron chi connectivity index (χ0n) is 13.7. The van der Waals surface area contributed by atoms with Crippen LogP contribution in [0.15, 0.2) is 53.5 Å². The Hall–Kier alpha value is -1.27. The highest BCUT2D eigenvalue weighted by Crippen LogP contribution is 2.15. The van der Waals surface area contributed by atoms with E-state index in [9.17, 15) is 5.11 Å². The van der Waals surface area contributed by atoms with E-state index in [0.29, 0.717) is 5.75 Å². The molecule has 0 spiro atoms. The van der Waals surface area contributed by atoms with Gasteiger partial charge in [0.15, 0.2) is 5.96 Å². The first-order valence-electron chi connectivity index (χ1n) is 7.34. The highest BCUT2D eigenvalue weighted by atomic mass is 127. The molecule has 0 aliphatic rings. The lowest BCUT2D eigenvalue weighted by molar-refractivity contribution is 0.114. The summed E-state index contributed by atoms with van der Waals surface area (Å²) in [5.41, 5.74) is 6.60. The minimum Gasteiger partial charge on any atom is -0.497 e. The number of nitrogens with one attached hydrogen (secondary N) is 1. The van der Waals surface area contributed by atoms with Gasteiger partial charge in [-0.05, 0) is 71.1 Å². The zero-order chi connectivity index (χ0) is 17.4. The van der Waals surface area contributed by atoms with Crippen LogP contribution < -0.4 is 20.5 Å². The fourth-order valence-electron chi connectivity index (χ4n) is 1.84. The van der Waals surface area contributed by atoms with Crippen molar-refractivity contribution in [1.29, 1.82) is 0 Å². The van der Waals surface area contributed by atoms with E-state index in [1.807, 2.05) is 48.5 Å². The van der Waals surface area contributed by atoms with Crippen LogP contribution in [0.1, 0.15) is 0 Å². The smallest absolute Gasteiger partial charge is 0.193 e. The Morgan fingerprint density at radius 2 is 1.76 bits per heavy atom. The third kappa shape index (κ3) is 8.10. The average Bonchev–Trinajstić information content (AvgIpc) is 2.60. The van der Waals surface area contributed by atoms with Crippen molar-refractivity contribution in [2.24, 2.45) is 10.7 Å². The van der Waals surface area contributed by atoms with Crippen LogP contribution in [-0.4, -0.2) is 37.4 Å². The summed E-state index contributed by atoms with van der Waals surface area (Å²) in [6.45, 7) is 0.305. The Kier molecular flexibility index (Phi) is 9.90. The molecule has 2 rings (SSSR count). The Morgan fingerprint density at radius 1 is 1.16 bits per heavy atom. The second-order valence-corrected chi connectivity index (χ2v) is 6.24. The van der Waals surface area contributed by atoms with E-state index in [4.69, 9.17) is 15.2 Å². The van der Waals surface area contributed by atoms with E-state index in [1.54, 1.807) is 7.11 Å². The van der Waals surface area contributed by atoms with Gasteiger partial charge in [-0.25, -0.2) is 0 Å². The topological polar surface area (TPSA) is 89.1 Å². The van der Waals surface area contributed by atoms with Crippen molar-refractivity contribution in [1.82, 2.24) is 0 Å². The first-order chi connectivity index (χ1) is 11.6. The highest BCUT2D eigenvalue weighted by Gasteiger charge is 2.05. The molecular weight excluding hydrogens is 548 g/mol. The molecule has 0 aromatic heterocycles. The van der Waals surface area contributed by atoms with Crippen LogP contribution in [0.3, 0.4) is 0 Å². The Bertz CT molecular complexity index is 664. The normalized spacial score (nSPS) is 12.0. The molecule has 2 aromatic rings. The molecular formula is C17H21I2N3O3. The molecule has 25 heavy (non-hydrogen) atoms. The minimum atomic E-state index is -0.736. The van der Waals surface area contributed by atoms with Crippen molar-refractivity contribution in [2.75, 3.05) is 25.6 Å². The Labute approximate surface area is 178 Å². The van der Waals surface area contributed by atoms with E-state index in [1.165, 1.54) is 0 Å². The molecule has 2 aromatic carbocycles. The summed E-state index contributed by atoms with van der Waals surface area (Å²) < 4.78 is 11.7. The molecule has 0 radical (unpaired) electrons. The Balaban J connectivity index is 0.00000312. The summed E-state index contributed by atoms with van der Waals surface area (Å²) in [7, 11) is 1.61. The van der Waals surface area contributed by atoms with Gasteiger partial charge in [-0.2, -0.15) is 0 Å². The van der Waals surface area contributed by atoms with Crippen molar-refractivity contribution < 1.29 is 14.6 Å². The molecule has 0 aliphatic heterocycles. The first-order valence-corrected chi connectivity index (χ1v) is 8.42. The van der Waals surface area contributed by atoms with Gasteiger partial charge in [-0.15, -0.1) is 24.0 Å². The van der Waals surface area contributed by atoms with Gasteiger partial charge in [0.2, 0.25) is 0 Å². The number of ether oxygens (including phenoxy) is 2. The summed E-state index contributed by atoms with van der Waals surface area (Å²) in [5, 5.41) is 12.9. The third-order valence-corrected chi connectivity index (χ3v) is 3.81. The second kappa shape index (κ2) is 11.4. The van der Waals surface area contributed by atoms with Gasteiger partial charge in [0.25, 0.3) is 0 Å². The maximum absolute atomic E-state index is 9.91. The van der Waals surface area contributed by atoms with Gasteiger partial charge in [-0.3, -0.25) is 4.99 Å². The molecule has 4 N–H and O–H groups in total. The SMILES string of the molecule is COc1ccc(NC(N)=NCC(O)COc2ccc(I)cc2)cc1.I. The molecule has 1 unspecified atom stereocenters. The summed E-state index contributed by atoms with van der Waals surface area (Å²) in [6.07, 6.45) is -0.736. The number of methoxy groups -OCH3 is 1. The van der Waals surface area contributed by atoms with Gasteiger partial charge in [0.05, 0.1) is 13.7 Å². The van der Waals surface area contributed by atoms with E-state index >= 15 is 0 Å². The molecule has 0 aliphatic carbocycles. The van der Waals surface area contributed by atoms with Gasteiger partial charge < -0.3 is 25.6 Å². The van der Waals surface area contributed by atoms with Gasteiger partial charge in [-0.1, -0.05) is 0 Å². The number of benzene rings is 2. The van der Waals surface area contributed by atoms with E-state index < -0.39 is 6.10 Å². The van der Waals surface area contributed by atoms with E-state index in [2.05, 4.69) is 32.9 Å². The molecule has 0 bridgehead atoms. The predicted octanol–water partition coefficient (Wildman–Crippen LogP) is 3.08. The quantitative estimate of drug-likeness (QED) is 0.271. The lowest BCUT2D eigenvalue weighted by atomic mass is 10.3. The molecule has 0 fully saturated rings. The summed E-state index contributed by atoms with van der Waals surface area (Å²) >= 11 is 2.22. The predicted molar refractivity (Wildman–Crippen MR) is 119 cm³/mol. The summed E-state index contributed by atoms with van der Waals surface area (Å²) in [6, 6.07) is 14.9. The van der Waals surface area contributed by atoms with Crippen LogP contribution in [0.25, 0.3) is 0 Å². The minimum absolute atomic E-state index is 0. The van der Waals surface area contributed by atoms with Crippen LogP contribution in [0.2, 0.25) is 0 Å². The van der Waals surface area contributed by atoms with Gasteiger partial charge >= 0.3 is 0 Å². The number of anilines is 1. The number of hydrogen-bond acceptors (Lipinski definition) is 4. The number of nitrogens with zero attached hydrogens (tertiary/aromatic N) is 1. The maximum atomic E-state index is 9.91. The average molecular weight is 569 g/mol. The molecule has 0 amide bonds. The number of guanidine groups is 1. The molecule has 0 saturated carbocycles. The van der Waals surface area contributed by atoms with Crippen molar-refractivity contribution in [3.8, 4) is 11.5 Å². The lowest BCUT2D eigenvalue weighted by Gasteiger charge is -2.11. The van der Waals surface area contributed by atoms with E-state index in [0.717, 1.165) is 15.0 Å². The van der Waals surface area contributed by atoms with E-state index in [-0.39, 0.29) is 43.1 Å². The fourth-order valence-corrected chi connectivity index (χ4v) is 2.20.